The van der Waals surface area contributed by atoms with Crippen LogP contribution in [0.3, 0.4) is 0 Å². The van der Waals surface area contributed by atoms with E-state index in [1.165, 1.54) is 5.56 Å². The summed E-state index contributed by atoms with van der Waals surface area (Å²) in [5.74, 6) is 1.10. The topological polar surface area (TPSA) is 26.3 Å². The first-order chi connectivity index (χ1) is 8.13. The number of esters is 1. The molecule has 1 aromatic carbocycles. The van der Waals surface area contributed by atoms with Crippen LogP contribution in [0.2, 0.25) is 5.02 Å². The Bertz CT molecular complexity index is 387. The highest BCUT2D eigenvalue weighted by Crippen LogP contribution is 2.17. The molecule has 0 saturated heterocycles. The third kappa shape index (κ3) is 5.29. The van der Waals surface area contributed by atoms with Gasteiger partial charge in [0, 0.05) is 22.1 Å². The fourth-order valence-corrected chi connectivity index (χ4v) is 2.19. The molecule has 1 rings (SSSR count). The molecule has 0 aliphatic carbocycles. The molecule has 1 aromatic rings. The fraction of sp³-hybridized carbons (Fsp3) is 0.308. The molecule has 0 aliphatic rings. The molecular formula is C13H15ClO2S. The van der Waals surface area contributed by atoms with Gasteiger partial charge in [-0.1, -0.05) is 30.3 Å². The van der Waals surface area contributed by atoms with E-state index in [4.69, 9.17) is 16.3 Å². The second-order valence-electron chi connectivity index (χ2n) is 3.44. The molecular weight excluding hydrogens is 256 g/mol. The van der Waals surface area contributed by atoms with E-state index in [0.717, 1.165) is 10.8 Å². The molecule has 0 atom stereocenters. The third-order valence-electron chi connectivity index (χ3n) is 2.02. The average Bonchev–Trinajstić information content (AvgIpc) is 2.32. The van der Waals surface area contributed by atoms with Gasteiger partial charge in [0.15, 0.2) is 0 Å². The first-order valence-electron chi connectivity index (χ1n) is 5.30. The van der Waals surface area contributed by atoms with Crippen molar-refractivity contribution >= 4 is 29.3 Å². The van der Waals surface area contributed by atoms with E-state index in [1.54, 1.807) is 18.7 Å². The molecule has 0 bridgehead atoms. The van der Waals surface area contributed by atoms with Gasteiger partial charge in [-0.3, -0.25) is 0 Å². The summed E-state index contributed by atoms with van der Waals surface area (Å²) >= 11 is 7.42. The van der Waals surface area contributed by atoms with Crippen molar-refractivity contribution in [2.75, 3.05) is 12.4 Å². The largest absolute Gasteiger partial charge is 0.463 e. The molecule has 4 heteroatoms. The van der Waals surface area contributed by atoms with Crippen LogP contribution in [0, 0.1) is 0 Å². The minimum Gasteiger partial charge on any atom is -0.463 e. The molecule has 0 aromatic heterocycles. The van der Waals surface area contributed by atoms with Crippen LogP contribution in [0.5, 0.6) is 0 Å². The van der Waals surface area contributed by atoms with E-state index in [-0.39, 0.29) is 5.97 Å². The summed E-state index contributed by atoms with van der Waals surface area (Å²) < 4.78 is 4.85. The summed E-state index contributed by atoms with van der Waals surface area (Å²) in [6.07, 6.45) is 0. The van der Waals surface area contributed by atoms with Crippen molar-refractivity contribution < 1.29 is 9.53 Å². The van der Waals surface area contributed by atoms with Gasteiger partial charge in [-0.15, -0.1) is 0 Å². The van der Waals surface area contributed by atoms with Crippen molar-refractivity contribution in [1.29, 1.82) is 0 Å². The number of benzene rings is 1. The molecule has 0 aliphatic heterocycles. The number of rotatable bonds is 6. The molecule has 0 saturated carbocycles. The number of carbonyl (C=O) groups is 1. The van der Waals surface area contributed by atoms with E-state index < -0.39 is 0 Å². The van der Waals surface area contributed by atoms with Crippen LogP contribution in [0.15, 0.2) is 36.4 Å². The molecule has 0 spiro atoms. The summed E-state index contributed by atoms with van der Waals surface area (Å²) in [4.78, 5) is 11.3. The van der Waals surface area contributed by atoms with Crippen molar-refractivity contribution in [3.8, 4) is 0 Å². The summed E-state index contributed by atoms with van der Waals surface area (Å²) in [6.45, 7) is 5.87. The highest BCUT2D eigenvalue weighted by atomic mass is 35.5. The predicted molar refractivity (Wildman–Crippen MR) is 73.4 cm³/mol. The van der Waals surface area contributed by atoms with Crippen LogP contribution < -0.4 is 0 Å². The number of hydrogen-bond acceptors (Lipinski definition) is 3. The van der Waals surface area contributed by atoms with Gasteiger partial charge in [0.05, 0.1) is 6.61 Å². The SMILES string of the molecule is C=C(CSCc1ccc(Cl)cc1)C(=O)OCC. The smallest absolute Gasteiger partial charge is 0.334 e. The van der Waals surface area contributed by atoms with Crippen molar-refractivity contribution in [3.05, 3.63) is 47.0 Å². The molecule has 0 amide bonds. The van der Waals surface area contributed by atoms with Gasteiger partial charge in [-0.05, 0) is 24.6 Å². The van der Waals surface area contributed by atoms with Gasteiger partial charge in [0.25, 0.3) is 0 Å². The first-order valence-corrected chi connectivity index (χ1v) is 6.84. The van der Waals surface area contributed by atoms with Crippen LogP contribution in [0.4, 0.5) is 0 Å². The highest BCUT2D eigenvalue weighted by Gasteiger charge is 2.07. The van der Waals surface area contributed by atoms with E-state index >= 15 is 0 Å². The maximum Gasteiger partial charge on any atom is 0.334 e. The molecule has 0 N–H and O–H groups in total. The lowest BCUT2D eigenvalue weighted by Crippen LogP contribution is -2.08. The van der Waals surface area contributed by atoms with E-state index in [0.29, 0.717) is 17.9 Å². The van der Waals surface area contributed by atoms with E-state index in [9.17, 15) is 4.79 Å². The molecule has 2 nitrogen and oxygen atoms in total. The lowest BCUT2D eigenvalue weighted by atomic mass is 10.2. The number of hydrogen-bond donors (Lipinski definition) is 0. The zero-order chi connectivity index (χ0) is 12.7. The highest BCUT2D eigenvalue weighted by molar-refractivity contribution is 7.98. The van der Waals surface area contributed by atoms with E-state index in [2.05, 4.69) is 6.58 Å². The minimum absolute atomic E-state index is 0.309. The molecule has 0 fully saturated rings. The Labute approximate surface area is 111 Å². The van der Waals surface area contributed by atoms with Crippen LogP contribution in [-0.2, 0) is 15.3 Å². The maximum atomic E-state index is 11.3. The van der Waals surface area contributed by atoms with E-state index in [1.807, 2.05) is 24.3 Å². The summed E-state index contributed by atoms with van der Waals surface area (Å²) in [5.41, 5.74) is 1.68. The molecule has 0 radical (unpaired) electrons. The lowest BCUT2D eigenvalue weighted by Gasteiger charge is -2.05. The maximum absolute atomic E-state index is 11.3. The quantitative estimate of drug-likeness (QED) is 0.582. The van der Waals surface area contributed by atoms with Gasteiger partial charge >= 0.3 is 5.97 Å². The molecule has 17 heavy (non-hydrogen) atoms. The van der Waals surface area contributed by atoms with Crippen LogP contribution in [0.25, 0.3) is 0 Å². The Kier molecular flexibility index (Phi) is 6.16. The fourth-order valence-electron chi connectivity index (χ4n) is 1.16. The first kappa shape index (κ1) is 14.1. The Balaban J connectivity index is 2.30. The zero-order valence-electron chi connectivity index (χ0n) is 9.74. The minimum atomic E-state index is -0.309. The predicted octanol–water partition coefficient (Wildman–Crippen LogP) is 3.69. The second-order valence-corrected chi connectivity index (χ2v) is 4.87. The Morgan fingerprint density at radius 3 is 2.65 bits per heavy atom. The Hall–Kier alpha value is -0.930. The summed E-state index contributed by atoms with van der Waals surface area (Å²) in [5, 5.41) is 0.731. The van der Waals surface area contributed by atoms with Crippen molar-refractivity contribution in [1.82, 2.24) is 0 Å². The van der Waals surface area contributed by atoms with Crippen molar-refractivity contribution in [3.63, 3.8) is 0 Å². The molecule has 0 heterocycles. The third-order valence-corrected chi connectivity index (χ3v) is 3.36. The van der Waals surface area contributed by atoms with Gasteiger partial charge < -0.3 is 4.74 Å². The number of halogens is 1. The number of carbonyl (C=O) groups excluding carboxylic acids is 1. The van der Waals surface area contributed by atoms with Crippen LogP contribution in [-0.4, -0.2) is 18.3 Å². The Morgan fingerprint density at radius 1 is 1.41 bits per heavy atom. The van der Waals surface area contributed by atoms with Gasteiger partial charge in [0.1, 0.15) is 0 Å². The molecule has 0 unspecified atom stereocenters. The van der Waals surface area contributed by atoms with Crippen LogP contribution >= 0.6 is 23.4 Å². The van der Waals surface area contributed by atoms with Gasteiger partial charge in [0.2, 0.25) is 0 Å². The Morgan fingerprint density at radius 2 is 2.06 bits per heavy atom. The zero-order valence-corrected chi connectivity index (χ0v) is 11.3. The van der Waals surface area contributed by atoms with Crippen LogP contribution in [0.1, 0.15) is 12.5 Å². The van der Waals surface area contributed by atoms with Gasteiger partial charge in [-0.25, -0.2) is 4.79 Å². The summed E-state index contributed by atoms with van der Waals surface area (Å²) in [7, 11) is 0. The average molecular weight is 271 g/mol. The van der Waals surface area contributed by atoms with Gasteiger partial charge in [-0.2, -0.15) is 11.8 Å². The number of thioether (sulfide) groups is 1. The summed E-state index contributed by atoms with van der Waals surface area (Å²) in [6, 6.07) is 7.67. The molecule has 92 valence electrons. The number of ether oxygens (including phenoxy) is 1. The lowest BCUT2D eigenvalue weighted by molar-refractivity contribution is -0.138. The monoisotopic (exact) mass is 270 g/mol. The normalized spacial score (nSPS) is 10.0. The second kappa shape index (κ2) is 7.41. The van der Waals surface area contributed by atoms with Crippen molar-refractivity contribution in [2.24, 2.45) is 0 Å². The van der Waals surface area contributed by atoms with Crippen molar-refractivity contribution in [2.45, 2.75) is 12.7 Å². The standard InChI is InChI=1S/C13H15ClO2S/c1-3-16-13(15)10(2)8-17-9-11-4-6-12(14)7-5-11/h4-7H,2-3,8-9H2,1H3.